The van der Waals surface area contributed by atoms with Crippen LogP contribution < -0.4 is 15.4 Å². The Kier molecular flexibility index (Phi) is 11.9. The molecule has 0 unspecified atom stereocenters. The van der Waals surface area contributed by atoms with Gasteiger partial charge in [0.1, 0.15) is 0 Å². The van der Waals surface area contributed by atoms with Crippen molar-refractivity contribution in [2.24, 2.45) is 10.9 Å². The molecular formula is C20H34IN5O2. The van der Waals surface area contributed by atoms with Gasteiger partial charge in [0.2, 0.25) is 11.8 Å². The summed E-state index contributed by atoms with van der Waals surface area (Å²) >= 11 is 0. The van der Waals surface area contributed by atoms with Crippen LogP contribution >= 0.6 is 24.0 Å². The topological polar surface area (TPSA) is 78.9 Å². The molecule has 7 nitrogen and oxygen atoms in total. The molecule has 0 atom stereocenters. The van der Waals surface area contributed by atoms with Gasteiger partial charge < -0.3 is 20.3 Å². The number of carbonyl (C=O) groups is 1. The monoisotopic (exact) mass is 503 g/mol. The molecule has 1 heterocycles. The minimum Gasteiger partial charge on any atom is -0.477 e. The molecule has 0 saturated heterocycles. The van der Waals surface area contributed by atoms with Crippen molar-refractivity contribution in [3.8, 4) is 5.88 Å². The first-order valence-corrected chi connectivity index (χ1v) is 10.0. The third-order valence-corrected chi connectivity index (χ3v) is 4.47. The van der Waals surface area contributed by atoms with Crippen LogP contribution in [-0.2, 0) is 11.3 Å². The van der Waals surface area contributed by atoms with Crippen molar-refractivity contribution in [2.45, 2.75) is 46.6 Å². The number of amides is 1. The molecule has 1 aromatic rings. The van der Waals surface area contributed by atoms with E-state index >= 15 is 0 Å². The van der Waals surface area contributed by atoms with E-state index in [1.54, 1.807) is 6.20 Å². The van der Waals surface area contributed by atoms with Gasteiger partial charge in [-0.1, -0.05) is 0 Å². The van der Waals surface area contributed by atoms with Crippen molar-refractivity contribution in [3.63, 3.8) is 0 Å². The second-order valence-electron chi connectivity index (χ2n) is 6.69. The zero-order chi connectivity index (χ0) is 19.5. The summed E-state index contributed by atoms with van der Waals surface area (Å²) in [7, 11) is 0. The molecule has 1 amide bonds. The lowest BCUT2D eigenvalue weighted by Gasteiger charge is -2.19. The highest BCUT2D eigenvalue weighted by Crippen LogP contribution is 2.29. The number of ether oxygens (including phenoxy) is 1. The van der Waals surface area contributed by atoms with Crippen LogP contribution in [0.15, 0.2) is 23.3 Å². The number of aliphatic imine (C=N–C) groups is 1. The Labute approximate surface area is 185 Å². The molecule has 0 bridgehead atoms. The summed E-state index contributed by atoms with van der Waals surface area (Å²) in [6.45, 7) is 10.1. The van der Waals surface area contributed by atoms with E-state index in [0.717, 1.165) is 31.8 Å². The minimum atomic E-state index is 0. The van der Waals surface area contributed by atoms with Crippen LogP contribution in [0.5, 0.6) is 5.88 Å². The highest BCUT2D eigenvalue weighted by atomic mass is 127. The lowest BCUT2D eigenvalue weighted by molar-refractivity contribution is -0.130. The minimum absolute atomic E-state index is 0. The van der Waals surface area contributed by atoms with E-state index in [9.17, 15) is 4.79 Å². The number of guanidine groups is 1. The number of hydrogen-bond donors (Lipinski definition) is 2. The highest BCUT2D eigenvalue weighted by molar-refractivity contribution is 14.0. The number of halogens is 1. The number of aromatic nitrogens is 1. The van der Waals surface area contributed by atoms with Crippen LogP contribution in [0.2, 0.25) is 0 Å². The number of rotatable bonds is 11. The second kappa shape index (κ2) is 13.6. The molecule has 1 saturated carbocycles. The van der Waals surface area contributed by atoms with E-state index < -0.39 is 0 Å². The van der Waals surface area contributed by atoms with Crippen molar-refractivity contribution in [1.82, 2.24) is 20.5 Å². The van der Waals surface area contributed by atoms with Gasteiger partial charge in [-0.05, 0) is 51.2 Å². The Balaban J connectivity index is 0.00000392. The quantitative estimate of drug-likeness (QED) is 0.276. The van der Waals surface area contributed by atoms with Crippen LogP contribution in [0.4, 0.5) is 0 Å². The average molecular weight is 503 g/mol. The smallest absolute Gasteiger partial charge is 0.224 e. The number of nitrogens with zero attached hydrogens (tertiary/aromatic N) is 3. The molecule has 158 valence electrons. The SMILES string of the molecule is CCNC(=NCc1ccnc(OCC2CC2)c1)NCCC(=O)N(CC)CC.I. The molecule has 0 spiro atoms. The maximum atomic E-state index is 12.1. The first-order valence-electron chi connectivity index (χ1n) is 10.0. The molecule has 28 heavy (non-hydrogen) atoms. The van der Waals surface area contributed by atoms with Gasteiger partial charge in [-0.15, -0.1) is 24.0 Å². The van der Waals surface area contributed by atoms with Crippen molar-refractivity contribution in [2.75, 3.05) is 32.8 Å². The summed E-state index contributed by atoms with van der Waals surface area (Å²) in [6, 6.07) is 3.89. The van der Waals surface area contributed by atoms with Crippen molar-refractivity contribution < 1.29 is 9.53 Å². The Morgan fingerprint density at radius 1 is 1.29 bits per heavy atom. The molecule has 1 aliphatic carbocycles. The van der Waals surface area contributed by atoms with Gasteiger partial charge in [-0.3, -0.25) is 4.79 Å². The summed E-state index contributed by atoms with van der Waals surface area (Å²) < 4.78 is 5.73. The fraction of sp³-hybridized carbons (Fsp3) is 0.650. The lowest BCUT2D eigenvalue weighted by atomic mass is 10.3. The second-order valence-corrected chi connectivity index (χ2v) is 6.69. The molecule has 8 heteroatoms. The summed E-state index contributed by atoms with van der Waals surface area (Å²) in [5.41, 5.74) is 1.05. The molecule has 2 N–H and O–H groups in total. The maximum absolute atomic E-state index is 12.1. The normalized spacial score (nSPS) is 13.5. The Hall–Kier alpha value is -1.58. The maximum Gasteiger partial charge on any atom is 0.224 e. The van der Waals surface area contributed by atoms with E-state index in [0.29, 0.717) is 37.3 Å². The number of nitrogens with one attached hydrogen (secondary N) is 2. The molecule has 2 rings (SSSR count). The van der Waals surface area contributed by atoms with Crippen LogP contribution in [0, 0.1) is 5.92 Å². The van der Waals surface area contributed by atoms with Crippen molar-refractivity contribution in [3.05, 3.63) is 23.9 Å². The number of hydrogen-bond acceptors (Lipinski definition) is 4. The highest BCUT2D eigenvalue weighted by Gasteiger charge is 2.22. The van der Waals surface area contributed by atoms with Crippen LogP contribution in [-0.4, -0.2) is 54.5 Å². The van der Waals surface area contributed by atoms with E-state index in [4.69, 9.17) is 4.74 Å². The van der Waals surface area contributed by atoms with Crippen LogP contribution in [0.3, 0.4) is 0 Å². The third kappa shape index (κ3) is 9.07. The predicted molar refractivity (Wildman–Crippen MR) is 123 cm³/mol. The van der Waals surface area contributed by atoms with E-state index in [-0.39, 0.29) is 29.9 Å². The number of carbonyl (C=O) groups excluding carboxylic acids is 1. The molecule has 1 fully saturated rings. The Morgan fingerprint density at radius 3 is 2.68 bits per heavy atom. The fourth-order valence-corrected chi connectivity index (χ4v) is 2.65. The molecule has 0 aromatic carbocycles. The molecule has 1 aromatic heterocycles. The van der Waals surface area contributed by atoms with Gasteiger partial charge in [0.05, 0.1) is 13.2 Å². The van der Waals surface area contributed by atoms with Gasteiger partial charge in [-0.2, -0.15) is 0 Å². The van der Waals surface area contributed by atoms with Crippen LogP contribution in [0.1, 0.15) is 45.6 Å². The lowest BCUT2D eigenvalue weighted by Crippen LogP contribution is -2.40. The third-order valence-electron chi connectivity index (χ3n) is 4.47. The standard InChI is InChI=1S/C20H33N5O2.HI/c1-4-21-20(23-12-10-19(26)25(5-2)6-3)24-14-17-9-11-22-18(13-17)27-15-16-7-8-16;/h9,11,13,16H,4-8,10,12,14-15H2,1-3H3,(H2,21,23,24);1H. The summed E-state index contributed by atoms with van der Waals surface area (Å²) in [5.74, 6) is 2.24. The molecule has 0 aliphatic heterocycles. The molecule has 0 radical (unpaired) electrons. The summed E-state index contributed by atoms with van der Waals surface area (Å²) in [4.78, 5) is 22.8. The molecular weight excluding hydrogens is 469 g/mol. The fourth-order valence-electron chi connectivity index (χ4n) is 2.65. The largest absolute Gasteiger partial charge is 0.477 e. The van der Waals surface area contributed by atoms with Crippen LogP contribution in [0.25, 0.3) is 0 Å². The van der Waals surface area contributed by atoms with E-state index in [2.05, 4.69) is 20.6 Å². The molecule has 1 aliphatic rings. The van der Waals surface area contributed by atoms with Crippen molar-refractivity contribution >= 4 is 35.8 Å². The average Bonchev–Trinajstić information content (AvgIpc) is 3.50. The first-order chi connectivity index (χ1) is 13.2. The summed E-state index contributed by atoms with van der Waals surface area (Å²) in [6.07, 6.45) is 4.74. The van der Waals surface area contributed by atoms with Gasteiger partial charge >= 0.3 is 0 Å². The van der Waals surface area contributed by atoms with Gasteiger partial charge in [0.25, 0.3) is 0 Å². The van der Waals surface area contributed by atoms with Gasteiger partial charge in [-0.25, -0.2) is 9.98 Å². The van der Waals surface area contributed by atoms with E-state index in [1.807, 2.05) is 37.8 Å². The zero-order valence-electron chi connectivity index (χ0n) is 17.2. The Morgan fingerprint density at radius 2 is 2.04 bits per heavy atom. The first kappa shape index (κ1) is 24.5. The predicted octanol–water partition coefficient (Wildman–Crippen LogP) is 2.80. The number of pyridine rings is 1. The van der Waals surface area contributed by atoms with Gasteiger partial charge in [0, 0.05) is 44.9 Å². The summed E-state index contributed by atoms with van der Waals surface area (Å²) in [5, 5.41) is 6.45. The zero-order valence-corrected chi connectivity index (χ0v) is 19.6. The van der Waals surface area contributed by atoms with Crippen molar-refractivity contribution in [1.29, 1.82) is 0 Å². The van der Waals surface area contributed by atoms with Gasteiger partial charge in [0.15, 0.2) is 5.96 Å². The Bertz CT molecular complexity index is 618. The van der Waals surface area contributed by atoms with E-state index in [1.165, 1.54) is 12.8 Å².